The molecule has 0 aliphatic carbocycles. The first kappa shape index (κ1) is 13.6. The van der Waals surface area contributed by atoms with Gasteiger partial charge in [-0.3, -0.25) is 14.7 Å². The normalized spacial score (nSPS) is 11.8. The number of carboxylic acids is 1. The predicted molar refractivity (Wildman–Crippen MR) is 66.8 cm³/mol. The molecule has 0 saturated carbocycles. The number of hydrogen-bond donors (Lipinski definition) is 1. The van der Waals surface area contributed by atoms with E-state index in [0.29, 0.717) is 13.1 Å². The van der Waals surface area contributed by atoms with Crippen LogP contribution in [0.5, 0.6) is 0 Å². The smallest absolute Gasteiger partial charge is 0.323 e. The molecular formula is C13H20N2O2. The first-order valence-electron chi connectivity index (χ1n) is 5.79. The molecule has 94 valence electrons. The van der Waals surface area contributed by atoms with Crippen LogP contribution in [0.3, 0.4) is 0 Å². The summed E-state index contributed by atoms with van der Waals surface area (Å²) in [6.45, 7) is 8.55. The Hall–Kier alpha value is -1.42. The van der Waals surface area contributed by atoms with Crippen molar-refractivity contribution in [3.63, 3.8) is 0 Å². The molecule has 4 nitrogen and oxygen atoms in total. The highest BCUT2D eigenvalue weighted by molar-refractivity contribution is 5.77. The third-order valence-electron chi connectivity index (χ3n) is 2.99. The van der Waals surface area contributed by atoms with Crippen LogP contribution < -0.4 is 0 Å². The third kappa shape index (κ3) is 3.27. The zero-order valence-electron chi connectivity index (χ0n) is 10.9. The molecule has 0 aliphatic rings. The molecule has 0 radical (unpaired) electrons. The molecule has 0 aliphatic heterocycles. The van der Waals surface area contributed by atoms with Gasteiger partial charge in [0.05, 0.1) is 5.69 Å². The van der Waals surface area contributed by atoms with Crippen molar-refractivity contribution in [2.24, 2.45) is 0 Å². The van der Waals surface area contributed by atoms with Gasteiger partial charge in [0.25, 0.3) is 0 Å². The number of nitrogens with zero attached hydrogens (tertiary/aromatic N) is 2. The van der Waals surface area contributed by atoms with Crippen molar-refractivity contribution in [1.82, 2.24) is 9.88 Å². The van der Waals surface area contributed by atoms with Crippen LogP contribution >= 0.6 is 0 Å². The zero-order chi connectivity index (χ0) is 13.1. The molecule has 1 heterocycles. The summed E-state index contributed by atoms with van der Waals surface area (Å²) in [5.41, 5.74) is 0.980. The SMILES string of the molecule is CCN(Cc1cccc(C)n1)C(C)(C)C(=O)O. The second-order valence-corrected chi connectivity index (χ2v) is 4.65. The molecule has 0 fully saturated rings. The predicted octanol–water partition coefficient (Wildman–Crippen LogP) is 2.08. The number of rotatable bonds is 5. The number of aryl methyl sites for hydroxylation is 1. The molecule has 1 aromatic heterocycles. The lowest BCUT2D eigenvalue weighted by Crippen LogP contribution is -2.49. The van der Waals surface area contributed by atoms with E-state index in [1.807, 2.05) is 36.9 Å². The van der Waals surface area contributed by atoms with Crippen molar-refractivity contribution in [2.45, 2.75) is 39.8 Å². The molecule has 0 unspecified atom stereocenters. The minimum atomic E-state index is -0.875. The van der Waals surface area contributed by atoms with Gasteiger partial charge in [-0.2, -0.15) is 0 Å². The fourth-order valence-corrected chi connectivity index (χ4v) is 1.72. The molecule has 0 amide bonds. The highest BCUT2D eigenvalue weighted by Crippen LogP contribution is 2.17. The topological polar surface area (TPSA) is 53.4 Å². The molecule has 0 bridgehead atoms. The number of carbonyl (C=O) groups is 1. The van der Waals surface area contributed by atoms with Gasteiger partial charge in [-0.1, -0.05) is 13.0 Å². The van der Waals surface area contributed by atoms with Crippen LogP contribution in [-0.4, -0.2) is 33.0 Å². The number of aliphatic carboxylic acids is 1. The van der Waals surface area contributed by atoms with Crippen LogP contribution in [0.15, 0.2) is 18.2 Å². The van der Waals surface area contributed by atoms with Gasteiger partial charge in [-0.15, -0.1) is 0 Å². The molecule has 0 saturated heterocycles. The number of aromatic nitrogens is 1. The summed E-state index contributed by atoms with van der Waals surface area (Å²) in [4.78, 5) is 17.5. The first-order chi connectivity index (χ1) is 7.87. The van der Waals surface area contributed by atoms with E-state index < -0.39 is 11.5 Å². The third-order valence-corrected chi connectivity index (χ3v) is 2.99. The van der Waals surface area contributed by atoms with Gasteiger partial charge in [0, 0.05) is 12.2 Å². The van der Waals surface area contributed by atoms with Gasteiger partial charge in [0.2, 0.25) is 0 Å². The van der Waals surface area contributed by atoms with Crippen molar-refractivity contribution in [1.29, 1.82) is 0 Å². The number of likely N-dealkylation sites (N-methyl/N-ethyl adjacent to an activating group) is 1. The maximum Gasteiger partial charge on any atom is 0.323 e. The average molecular weight is 236 g/mol. The second-order valence-electron chi connectivity index (χ2n) is 4.65. The molecular weight excluding hydrogens is 216 g/mol. The van der Waals surface area contributed by atoms with Gasteiger partial charge in [0.1, 0.15) is 5.54 Å². The van der Waals surface area contributed by atoms with E-state index >= 15 is 0 Å². The fourth-order valence-electron chi connectivity index (χ4n) is 1.72. The summed E-state index contributed by atoms with van der Waals surface area (Å²) < 4.78 is 0. The van der Waals surface area contributed by atoms with E-state index in [9.17, 15) is 9.90 Å². The molecule has 1 rings (SSSR count). The largest absolute Gasteiger partial charge is 0.480 e. The maximum atomic E-state index is 11.2. The Kier molecular flexibility index (Phi) is 4.23. The Morgan fingerprint density at radius 2 is 2.12 bits per heavy atom. The maximum absolute atomic E-state index is 11.2. The number of hydrogen-bond acceptors (Lipinski definition) is 3. The standard InChI is InChI=1S/C13H20N2O2/c1-5-15(13(3,4)12(16)17)9-11-8-6-7-10(2)14-11/h6-8H,5,9H2,1-4H3,(H,16,17). The molecule has 4 heteroatoms. The minimum absolute atomic E-state index is 0.553. The molecule has 0 atom stereocenters. The first-order valence-corrected chi connectivity index (χ1v) is 5.79. The van der Waals surface area contributed by atoms with Gasteiger partial charge >= 0.3 is 5.97 Å². The van der Waals surface area contributed by atoms with E-state index in [-0.39, 0.29) is 0 Å². The van der Waals surface area contributed by atoms with E-state index in [1.54, 1.807) is 13.8 Å². The van der Waals surface area contributed by atoms with E-state index in [2.05, 4.69) is 4.98 Å². The summed E-state index contributed by atoms with van der Waals surface area (Å²) in [6.07, 6.45) is 0. The van der Waals surface area contributed by atoms with Crippen LogP contribution in [0.1, 0.15) is 32.2 Å². The number of carboxylic acid groups (broad SMARTS) is 1. The van der Waals surface area contributed by atoms with Crippen LogP contribution in [0.4, 0.5) is 0 Å². The Balaban J connectivity index is 2.87. The Bertz CT molecular complexity index is 402. The van der Waals surface area contributed by atoms with Crippen molar-refractivity contribution in [3.05, 3.63) is 29.6 Å². The summed E-state index contributed by atoms with van der Waals surface area (Å²) >= 11 is 0. The van der Waals surface area contributed by atoms with Crippen LogP contribution in [-0.2, 0) is 11.3 Å². The van der Waals surface area contributed by atoms with Crippen molar-refractivity contribution < 1.29 is 9.90 Å². The minimum Gasteiger partial charge on any atom is -0.480 e. The lowest BCUT2D eigenvalue weighted by Gasteiger charge is -2.33. The summed E-state index contributed by atoms with van der Waals surface area (Å²) in [5.74, 6) is -0.813. The van der Waals surface area contributed by atoms with E-state index in [4.69, 9.17) is 0 Å². The van der Waals surface area contributed by atoms with Crippen molar-refractivity contribution >= 4 is 5.97 Å². The van der Waals surface area contributed by atoms with Crippen LogP contribution in [0, 0.1) is 6.92 Å². The average Bonchev–Trinajstić information content (AvgIpc) is 2.25. The quantitative estimate of drug-likeness (QED) is 0.850. The summed E-state index contributed by atoms with van der Waals surface area (Å²) in [6, 6.07) is 5.80. The number of pyridine rings is 1. The Morgan fingerprint density at radius 1 is 1.47 bits per heavy atom. The fraction of sp³-hybridized carbons (Fsp3) is 0.538. The Labute approximate surface area is 102 Å². The van der Waals surface area contributed by atoms with Gasteiger partial charge in [-0.05, 0) is 39.4 Å². The van der Waals surface area contributed by atoms with Crippen LogP contribution in [0.2, 0.25) is 0 Å². The lowest BCUT2D eigenvalue weighted by molar-refractivity contribution is -0.149. The summed E-state index contributed by atoms with van der Waals surface area (Å²) in [7, 11) is 0. The lowest BCUT2D eigenvalue weighted by atomic mass is 10.0. The van der Waals surface area contributed by atoms with E-state index in [0.717, 1.165) is 11.4 Å². The molecule has 0 aromatic carbocycles. The van der Waals surface area contributed by atoms with Crippen molar-refractivity contribution in [2.75, 3.05) is 6.54 Å². The van der Waals surface area contributed by atoms with Crippen LogP contribution in [0.25, 0.3) is 0 Å². The Morgan fingerprint density at radius 3 is 2.59 bits per heavy atom. The second kappa shape index (κ2) is 5.27. The highest BCUT2D eigenvalue weighted by Gasteiger charge is 2.33. The monoisotopic (exact) mass is 236 g/mol. The molecule has 0 spiro atoms. The molecule has 17 heavy (non-hydrogen) atoms. The van der Waals surface area contributed by atoms with Gasteiger partial charge in [-0.25, -0.2) is 0 Å². The van der Waals surface area contributed by atoms with Gasteiger partial charge in [0.15, 0.2) is 0 Å². The molecule has 1 N–H and O–H groups in total. The van der Waals surface area contributed by atoms with Gasteiger partial charge < -0.3 is 5.11 Å². The highest BCUT2D eigenvalue weighted by atomic mass is 16.4. The van der Waals surface area contributed by atoms with Crippen molar-refractivity contribution in [3.8, 4) is 0 Å². The molecule has 1 aromatic rings. The zero-order valence-corrected chi connectivity index (χ0v) is 10.9. The van der Waals surface area contributed by atoms with E-state index in [1.165, 1.54) is 0 Å². The summed E-state index contributed by atoms with van der Waals surface area (Å²) in [5, 5.41) is 9.21.